The Bertz CT molecular complexity index is 314. The minimum absolute atomic E-state index is 0.0763. The molecule has 1 saturated carbocycles. The van der Waals surface area contributed by atoms with Gasteiger partial charge in [-0.2, -0.15) is 0 Å². The van der Waals surface area contributed by atoms with Crippen LogP contribution >= 0.6 is 0 Å². The minimum atomic E-state index is -0.503. The first kappa shape index (κ1) is 16.0. The molecule has 0 radical (unpaired) electrons. The van der Waals surface area contributed by atoms with Gasteiger partial charge < -0.3 is 10.1 Å². The second-order valence-electron chi connectivity index (χ2n) is 6.56. The molecular weight excluding hydrogens is 242 g/mol. The molecule has 1 N–H and O–H groups in total. The lowest BCUT2D eigenvalue weighted by Gasteiger charge is -2.31. The van der Waals surface area contributed by atoms with Crippen LogP contribution in [0.25, 0.3) is 0 Å². The molecule has 1 rings (SSSR count). The summed E-state index contributed by atoms with van der Waals surface area (Å²) in [5.41, 5.74) is -0.503. The lowest BCUT2D eigenvalue weighted by molar-refractivity contribution is -0.117. The highest BCUT2D eigenvalue weighted by Crippen LogP contribution is 2.28. The molecule has 0 aromatic carbocycles. The predicted octanol–water partition coefficient (Wildman–Crippen LogP) is 3.44. The number of carbonyl (C=O) groups excluding carboxylic acids is 2. The van der Waals surface area contributed by atoms with E-state index >= 15 is 0 Å². The summed E-state index contributed by atoms with van der Waals surface area (Å²) in [5, 5.41) is 2.89. The summed E-state index contributed by atoms with van der Waals surface area (Å²) >= 11 is 0. The summed E-state index contributed by atoms with van der Waals surface area (Å²) < 4.78 is 5.28. The molecule has 0 saturated heterocycles. The first-order chi connectivity index (χ1) is 8.78. The molecule has 0 aromatic heterocycles. The van der Waals surface area contributed by atoms with Crippen LogP contribution in [-0.4, -0.2) is 23.5 Å². The fourth-order valence-electron chi connectivity index (χ4n) is 2.64. The van der Waals surface area contributed by atoms with E-state index in [1.54, 1.807) is 6.92 Å². The zero-order chi connectivity index (χ0) is 14.5. The normalized spacial score (nSPS) is 18.7. The Morgan fingerprint density at radius 3 is 2.26 bits per heavy atom. The molecule has 0 aromatic rings. The van der Waals surface area contributed by atoms with Gasteiger partial charge in [-0.1, -0.05) is 19.3 Å². The van der Waals surface area contributed by atoms with Crippen molar-refractivity contribution in [2.45, 2.75) is 77.9 Å². The van der Waals surface area contributed by atoms with Crippen molar-refractivity contribution in [3.63, 3.8) is 0 Å². The van der Waals surface area contributed by atoms with E-state index in [4.69, 9.17) is 4.74 Å². The Hall–Kier alpha value is -1.06. The third kappa shape index (κ3) is 6.60. The van der Waals surface area contributed by atoms with Crippen LogP contribution in [0.5, 0.6) is 0 Å². The molecule has 0 unspecified atom stereocenters. The minimum Gasteiger partial charge on any atom is -0.444 e. The van der Waals surface area contributed by atoms with Crippen molar-refractivity contribution >= 4 is 11.9 Å². The monoisotopic (exact) mass is 269 g/mol. The number of rotatable bonds is 4. The lowest BCUT2D eigenvalue weighted by atomic mass is 9.82. The summed E-state index contributed by atoms with van der Waals surface area (Å²) in [4.78, 5) is 23.2. The van der Waals surface area contributed by atoms with E-state index in [1.165, 1.54) is 19.3 Å². The molecule has 0 bridgehead atoms. The van der Waals surface area contributed by atoms with Gasteiger partial charge in [0.1, 0.15) is 11.4 Å². The second-order valence-corrected chi connectivity index (χ2v) is 6.56. The maximum atomic E-state index is 11.8. The molecule has 110 valence electrons. The van der Waals surface area contributed by atoms with Gasteiger partial charge in [-0.25, -0.2) is 4.79 Å². The lowest BCUT2D eigenvalue weighted by Crippen LogP contribution is -2.44. The van der Waals surface area contributed by atoms with Crippen LogP contribution in [0, 0.1) is 5.92 Å². The van der Waals surface area contributed by atoms with Crippen molar-refractivity contribution in [3.05, 3.63) is 0 Å². The molecule has 19 heavy (non-hydrogen) atoms. The fourth-order valence-corrected chi connectivity index (χ4v) is 2.64. The molecule has 4 nitrogen and oxygen atoms in total. The van der Waals surface area contributed by atoms with Gasteiger partial charge in [0.25, 0.3) is 0 Å². The molecular formula is C15H27NO3. The van der Waals surface area contributed by atoms with E-state index in [2.05, 4.69) is 5.32 Å². The molecule has 1 amide bonds. The molecule has 1 aliphatic carbocycles. The number of carbonyl (C=O) groups is 2. The second kappa shape index (κ2) is 6.92. The van der Waals surface area contributed by atoms with Crippen LogP contribution in [0.1, 0.15) is 66.2 Å². The highest BCUT2D eigenvalue weighted by molar-refractivity contribution is 5.77. The molecule has 1 fully saturated rings. The number of hydrogen-bond acceptors (Lipinski definition) is 3. The fraction of sp³-hybridized carbons (Fsp3) is 0.867. The van der Waals surface area contributed by atoms with Crippen molar-refractivity contribution in [2.75, 3.05) is 0 Å². The van der Waals surface area contributed by atoms with E-state index < -0.39 is 11.7 Å². The third-order valence-corrected chi connectivity index (χ3v) is 3.43. The van der Waals surface area contributed by atoms with E-state index in [1.807, 2.05) is 20.8 Å². The topological polar surface area (TPSA) is 55.4 Å². The molecule has 1 atom stereocenters. The Morgan fingerprint density at radius 1 is 1.21 bits per heavy atom. The molecule has 0 aliphatic heterocycles. The number of hydrogen-bond donors (Lipinski definition) is 1. The van der Waals surface area contributed by atoms with Crippen LogP contribution in [0.2, 0.25) is 0 Å². The maximum absolute atomic E-state index is 11.8. The number of nitrogens with one attached hydrogen (secondary N) is 1. The SMILES string of the molecule is CC(=O)C[C@H](NC(=O)OC(C)(C)C)C1CCCCC1. The van der Waals surface area contributed by atoms with Gasteiger partial charge in [-0.05, 0) is 46.5 Å². The molecule has 1 aliphatic rings. The van der Waals surface area contributed by atoms with Gasteiger partial charge in [-0.15, -0.1) is 0 Å². The Kier molecular flexibility index (Phi) is 5.83. The largest absolute Gasteiger partial charge is 0.444 e. The average Bonchev–Trinajstić information content (AvgIpc) is 2.26. The average molecular weight is 269 g/mol. The van der Waals surface area contributed by atoms with Crippen LogP contribution in [0.4, 0.5) is 4.79 Å². The van der Waals surface area contributed by atoms with Gasteiger partial charge in [0.2, 0.25) is 0 Å². The number of ether oxygens (including phenoxy) is 1. The van der Waals surface area contributed by atoms with Crippen molar-refractivity contribution in [1.82, 2.24) is 5.32 Å². The zero-order valence-electron chi connectivity index (χ0n) is 12.6. The Balaban J connectivity index is 2.58. The van der Waals surface area contributed by atoms with Gasteiger partial charge in [0.15, 0.2) is 0 Å². The number of alkyl carbamates (subject to hydrolysis) is 1. The molecule has 0 spiro atoms. The van der Waals surface area contributed by atoms with Crippen LogP contribution in [-0.2, 0) is 9.53 Å². The maximum Gasteiger partial charge on any atom is 0.407 e. The smallest absolute Gasteiger partial charge is 0.407 e. The summed E-state index contributed by atoms with van der Waals surface area (Å²) in [6.07, 6.45) is 5.81. The van der Waals surface area contributed by atoms with Gasteiger partial charge in [-0.3, -0.25) is 4.79 Å². The number of ketones is 1. The summed E-state index contributed by atoms with van der Waals surface area (Å²) in [7, 11) is 0. The van der Waals surface area contributed by atoms with Crippen LogP contribution < -0.4 is 5.32 Å². The molecule has 4 heteroatoms. The summed E-state index contributed by atoms with van der Waals surface area (Å²) in [6, 6.07) is -0.0763. The van der Waals surface area contributed by atoms with E-state index in [-0.39, 0.29) is 11.8 Å². The highest BCUT2D eigenvalue weighted by atomic mass is 16.6. The van der Waals surface area contributed by atoms with Gasteiger partial charge >= 0.3 is 6.09 Å². The summed E-state index contributed by atoms with van der Waals surface area (Å²) in [6.45, 7) is 7.10. The van der Waals surface area contributed by atoms with Crippen molar-refractivity contribution < 1.29 is 14.3 Å². The first-order valence-corrected chi connectivity index (χ1v) is 7.27. The van der Waals surface area contributed by atoms with E-state index in [0.717, 1.165) is 12.8 Å². The van der Waals surface area contributed by atoms with E-state index in [0.29, 0.717) is 12.3 Å². The highest BCUT2D eigenvalue weighted by Gasteiger charge is 2.27. The summed E-state index contributed by atoms with van der Waals surface area (Å²) in [5.74, 6) is 0.525. The van der Waals surface area contributed by atoms with E-state index in [9.17, 15) is 9.59 Å². The number of Topliss-reactive ketones (excluding diaryl/α,β-unsaturated/α-hetero) is 1. The molecule has 0 heterocycles. The van der Waals surface area contributed by atoms with Gasteiger partial charge in [0.05, 0.1) is 0 Å². The predicted molar refractivity (Wildman–Crippen MR) is 75.0 cm³/mol. The van der Waals surface area contributed by atoms with Crippen molar-refractivity contribution in [2.24, 2.45) is 5.92 Å². The first-order valence-electron chi connectivity index (χ1n) is 7.27. The standard InChI is InChI=1S/C15H27NO3/c1-11(17)10-13(12-8-6-5-7-9-12)16-14(18)19-15(2,3)4/h12-13H,5-10H2,1-4H3,(H,16,18)/t13-/m0/s1. The number of amides is 1. The quantitative estimate of drug-likeness (QED) is 0.850. The van der Waals surface area contributed by atoms with Crippen molar-refractivity contribution in [3.8, 4) is 0 Å². The van der Waals surface area contributed by atoms with Crippen molar-refractivity contribution in [1.29, 1.82) is 0 Å². The van der Waals surface area contributed by atoms with Crippen LogP contribution in [0.15, 0.2) is 0 Å². The Labute approximate surface area is 116 Å². The third-order valence-electron chi connectivity index (χ3n) is 3.43. The van der Waals surface area contributed by atoms with Crippen LogP contribution in [0.3, 0.4) is 0 Å². The van der Waals surface area contributed by atoms with Gasteiger partial charge in [0, 0.05) is 12.5 Å². The zero-order valence-corrected chi connectivity index (χ0v) is 12.6. The Morgan fingerprint density at radius 2 is 1.79 bits per heavy atom.